The molecule has 1 aliphatic heterocycles. The van der Waals surface area contributed by atoms with Gasteiger partial charge < -0.3 is 15.4 Å². The molecule has 0 aromatic heterocycles. The third-order valence-corrected chi connectivity index (χ3v) is 4.84. The Kier molecular flexibility index (Phi) is 6.06. The maximum absolute atomic E-state index is 12.8. The fourth-order valence-corrected chi connectivity index (χ4v) is 3.12. The molecule has 4 nitrogen and oxygen atoms in total. The van der Waals surface area contributed by atoms with E-state index >= 15 is 0 Å². The molecule has 1 amide bonds. The summed E-state index contributed by atoms with van der Waals surface area (Å²) < 4.78 is 5.80. The van der Waals surface area contributed by atoms with Crippen LogP contribution in [0.1, 0.15) is 42.4 Å². The summed E-state index contributed by atoms with van der Waals surface area (Å²) in [6.07, 6.45) is 3.69. The van der Waals surface area contributed by atoms with E-state index in [-0.39, 0.29) is 30.5 Å². The van der Waals surface area contributed by atoms with E-state index in [2.05, 4.69) is 32.0 Å². The Morgan fingerprint density at radius 3 is 2.52 bits per heavy atom. The number of carbonyl (C=O) groups excluding carboxylic acids is 1. The molecule has 128 valence electrons. The number of ether oxygens (including phenoxy) is 1. The van der Waals surface area contributed by atoms with E-state index in [0.717, 1.165) is 25.7 Å². The van der Waals surface area contributed by atoms with Crippen molar-refractivity contribution in [2.75, 3.05) is 6.54 Å². The quantitative estimate of drug-likeness (QED) is 0.898. The molecule has 3 rings (SSSR count). The van der Waals surface area contributed by atoms with Gasteiger partial charge in [-0.25, -0.2) is 0 Å². The van der Waals surface area contributed by atoms with Gasteiger partial charge in [0.05, 0.1) is 6.10 Å². The lowest BCUT2D eigenvalue weighted by Crippen LogP contribution is -2.40. The van der Waals surface area contributed by atoms with E-state index in [4.69, 9.17) is 10.5 Å². The minimum Gasteiger partial charge on any atom is -0.364 e. The number of nitrogens with zero attached hydrogens (tertiary/aromatic N) is 1. The molecular weight excluding hydrogens is 312 g/mol. The molecule has 2 aliphatic rings. The number of hydrogen-bond donors (Lipinski definition) is 1. The van der Waals surface area contributed by atoms with Gasteiger partial charge in [-0.1, -0.05) is 18.2 Å². The molecule has 1 saturated heterocycles. The lowest BCUT2D eigenvalue weighted by atomic mass is 10.1. The van der Waals surface area contributed by atoms with Gasteiger partial charge in [-0.05, 0) is 56.2 Å². The van der Waals surface area contributed by atoms with Crippen LogP contribution in [0.5, 0.6) is 0 Å². The Morgan fingerprint density at radius 2 is 1.96 bits per heavy atom. The molecule has 1 heterocycles. The second-order valence-corrected chi connectivity index (χ2v) is 6.68. The summed E-state index contributed by atoms with van der Waals surface area (Å²) in [6, 6.07) is 6.85. The lowest BCUT2D eigenvalue weighted by Gasteiger charge is -2.26. The van der Waals surface area contributed by atoms with Gasteiger partial charge >= 0.3 is 0 Å². The van der Waals surface area contributed by atoms with E-state index in [1.807, 2.05) is 4.90 Å². The average Bonchev–Trinajstić information content (AvgIpc) is 3.24. The Labute approximate surface area is 144 Å². The zero-order valence-electron chi connectivity index (χ0n) is 14.0. The highest BCUT2D eigenvalue weighted by molar-refractivity contribution is 5.85. The van der Waals surface area contributed by atoms with Gasteiger partial charge in [0.25, 0.3) is 5.91 Å². The number of benzene rings is 1. The molecule has 1 saturated carbocycles. The molecule has 1 aliphatic carbocycles. The van der Waals surface area contributed by atoms with Crippen molar-refractivity contribution in [3.63, 3.8) is 0 Å². The first-order valence-electron chi connectivity index (χ1n) is 8.30. The SMILES string of the molecule is Cc1ccc(CN(C(=O)[C@@H]2CC[C@H](CN)O2)C2CC2)cc1C.Cl. The van der Waals surface area contributed by atoms with E-state index in [0.29, 0.717) is 19.1 Å². The Bertz CT molecular complexity index is 560. The summed E-state index contributed by atoms with van der Waals surface area (Å²) in [4.78, 5) is 14.8. The fraction of sp³-hybridized carbons (Fsp3) is 0.611. The van der Waals surface area contributed by atoms with Crippen LogP contribution in [0.25, 0.3) is 0 Å². The summed E-state index contributed by atoms with van der Waals surface area (Å²) >= 11 is 0. The van der Waals surface area contributed by atoms with Crippen molar-refractivity contribution in [1.82, 2.24) is 4.90 Å². The largest absolute Gasteiger partial charge is 0.364 e. The molecule has 0 unspecified atom stereocenters. The summed E-state index contributed by atoms with van der Waals surface area (Å²) in [5.41, 5.74) is 9.42. The number of aryl methyl sites for hydroxylation is 2. The molecule has 0 bridgehead atoms. The van der Waals surface area contributed by atoms with Crippen molar-refractivity contribution in [1.29, 1.82) is 0 Å². The highest BCUT2D eigenvalue weighted by atomic mass is 35.5. The van der Waals surface area contributed by atoms with Gasteiger partial charge in [0.1, 0.15) is 6.10 Å². The van der Waals surface area contributed by atoms with Crippen molar-refractivity contribution >= 4 is 18.3 Å². The Balaban J connectivity index is 0.00000192. The number of nitrogens with two attached hydrogens (primary N) is 1. The molecule has 1 aromatic rings. The van der Waals surface area contributed by atoms with Crippen molar-refractivity contribution in [3.8, 4) is 0 Å². The highest BCUT2D eigenvalue weighted by Gasteiger charge is 2.39. The van der Waals surface area contributed by atoms with Crippen LogP contribution >= 0.6 is 12.4 Å². The van der Waals surface area contributed by atoms with Crippen molar-refractivity contribution < 1.29 is 9.53 Å². The maximum atomic E-state index is 12.8. The minimum atomic E-state index is -0.291. The average molecular weight is 339 g/mol. The second-order valence-electron chi connectivity index (χ2n) is 6.68. The highest BCUT2D eigenvalue weighted by Crippen LogP contribution is 2.31. The molecule has 2 atom stereocenters. The van der Waals surface area contributed by atoms with Gasteiger partial charge in [0.2, 0.25) is 0 Å². The van der Waals surface area contributed by atoms with Crippen molar-refractivity contribution in [2.24, 2.45) is 5.73 Å². The topological polar surface area (TPSA) is 55.6 Å². The standard InChI is InChI=1S/C18H26N2O2.ClH/c1-12-3-4-14(9-13(12)2)11-20(15-5-6-15)18(21)17-8-7-16(10-19)22-17;/h3-4,9,15-17H,5-8,10-11,19H2,1-2H3;1H/t16-,17+;/m1./s1. The van der Waals surface area contributed by atoms with E-state index in [9.17, 15) is 4.79 Å². The number of hydrogen-bond acceptors (Lipinski definition) is 3. The maximum Gasteiger partial charge on any atom is 0.252 e. The first-order chi connectivity index (χ1) is 10.6. The smallest absolute Gasteiger partial charge is 0.252 e. The third-order valence-electron chi connectivity index (χ3n) is 4.84. The molecule has 2 N–H and O–H groups in total. The van der Waals surface area contributed by atoms with E-state index in [1.165, 1.54) is 16.7 Å². The van der Waals surface area contributed by atoms with Crippen LogP contribution in [0.2, 0.25) is 0 Å². The second kappa shape index (κ2) is 7.65. The first-order valence-corrected chi connectivity index (χ1v) is 8.30. The van der Waals surface area contributed by atoms with Gasteiger partial charge in [-0.2, -0.15) is 0 Å². The summed E-state index contributed by atoms with van der Waals surface area (Å²) in [5, 5.41) is 0. The molecule has 0 spiro atoms. The molecule has 0 radical (unpaired) electrons. The van der Waals surface area contributed by atoms with Crippen LogP contribution in [0.3, 0.4) is 0 Å². The van der Waals surface area contributed by atoms with Crippen LogP contribution < -0.4 is 5.73 Å². The monoisotopic (exact) mass is 338 g/mol. The zero-order chi connectivity index (χ0) is 15.7. The predicted molar refractivity (Wildman–Crippen MR) is 93.7 cm³/mol. The van der Waals surface area contributed by atoms with Gasteiger partial charge in [-0.15, -0.1) is 12.4 Å². The number of carbonyl (C=O) groups is 1. The fourth-order valence-electron chi connectivity index (χ4n) is 3.12. The third kappa shape index (κ3) is 4.25. The summed E-state index contributed by atoms with van der Waals surface area (Å²) in [6.45, 7) is 5.43. The molecule has 1 aromatic carbocycles. The normalized spacial score (nSPS) is 23.4. The van der Waals surface area contributed by atoms with Crippen LogP contribution in [0, 0.1) is 13.8 Å². The van der Waals surface area contributed by atoms with Gasteiger partial charge in [0.15, 0.2) is 0 Å². The van der Waals surface area contributed by atoms with Crippen molar-refractivity contribution in [2.45, 2.75) is 64.3 Å². The molecule has 2 fully saturated rings. The summed E-state index contributed by atoms with van der Waals surface area (Å²) in [5.74, 6) is 0.150. The van der Waals surface area contributed by atoms with Crippen molar-refractivity contribution in [3.05, 3.63) is 34.9 Å². The molecule has 5 heteroatoms. The van der Waals surface area contributed by atoms with Crippen LogP contribution in [-0.2, 0) is 16.1 Å². The van der Waals surface area contributed by atoms with Crippen LogP contribution in [-0.4, -0.2) is 35.6 Å². The minimum absolute atomic E-state index is 0. The lowest BCUT2D eigenvalue weighted by molar-refractivity contribution is -0.144. The number of rotatable bonds is 5. The van der Waals surface area contributed by atoms with Crippen LogP contribution in [0.15, 0.2) is 18.2 Å². The predicted octanol–water partition coefficient (Wildman–Crippen LogP) is 2.72. The molecule has 23 heavy (non-hydrogen) atoms. The van der Waals surface area contributed by atoms with Gasteiger partial charge in [0, 0.05) is 19.1 Å². The van der Waals surface area contributed by atoms with Gasteiger partial charge in [-0.3, -0.25) is 4.79 Å². The molecular formula is C18H27ClN2O2. The zero-order valence-corrected chi connectivity index (χ0v) is 14.8. The van der Waals surface area contributed by atoms with E-state index < -0.39 is 0 Å². The first kappa shape index (κ1) is 18.2. The summed E-state index contributed by atoms with van der Waals surface area (Å²) in [7, 11) is 0. The van der Waals surface area contributed by atoms with E-state index in [1.54, 1.807) is 0 Å². The Morgan fingerprint density at radius 1 is 1.22 bits per heavy atom. The number of halogens is 1. The van der Waals surface area contributed by atoms with Crippen LogP contribution in [0.4, 0.5) is 0 Å². The number of amides is 1. The Hall–Kier alpha value is -1.10.